The minimum Gasteiger partial charge on any atom is -0.493 e. The second kappa shape index (κ2) is 5.36. The third kappa shape index (κ3) is 2.22. The van der Waals surface area contributed by atoms with Gasteiger partial charge in [0.25, 0.3) is 0 Å². The Labute approximate surface area is 125 Å². The lowest BCUT2D eigenvalue weighted by atomic mass is 10.1. The Morgan fingerprint density at radius 1 is 1.23 bits per heavy atom. The highest BCUT2D eigenvalue weighted by molar-refractivity contribution is 5.86. The van der Waals surface area contributed by atoms with E-state index in [1.165, 1.54) is 6.20 Å². The molecule has 0 spiro atoms. The molecule has 22 heavy (non-hydrogen) atoms. The van der Waals surface area contributed by atoms with Gasteiger partial charge in [0.05, 0.1) is 14.2 Å². The molecule has 7 heteroatoms. The third-order valence-electron chi connectivity index (χ3n) is 3.24. The van der Waals surface area contributed by atoms with Crippen molar-refractivity contribution in [1.29, 1.82) is 0 Å². The molecule has 1 aromatic carbocycles. The number of nitrogens with zero attached hydrogens (tertiary/aromatic N) is 3. The van der Waals surface area contributed by atoms with Crippen LogP contribution in [0.4, 0.5) is 0 Å². The number of para-hydroxylation sites is 1. The van der Waals surface area contributed by atoms with Gasteiger partial charge in [0, 0.05) is 29.7 Å². The summed E-state index contributed by atoms with van der Waals surface area (Å²) in [5.41, 5.74) is 1.50. The van der Waals surface area contributed by atoms with E-state index >= 15 is 0 Å². The molecular weight excluding hydrogens is 286 g/mol. The number of hydrogen-bond acceptors (Lipinski definition) is 5. The van der Waals surface area contributed by atoms with Crippen LogP contribution in [-0.2, 0) is 0 Å². The lowest BCUT2D eigenvalue weighted by Crippen LogP contribution is -1.95. The molecule has 0 atom stereocenters. The van der Waals surface area contributed by atoms with Gasteiger partial charge in [-0.25, -0.2) is 14.8 Å². The minimum atomic E-state index is -1.09. The van der Waals surface area contributed by atoms with E-state index < -0.39 is 5.97 Å². The Morgan fingerprint density at radius 3 is 2.73 bits per heavy atom. The van der Waals surface area contributed by atoms with Crippen molar-refractivity contribution in [3.8, 4) is 22.6 Å². The second-order valence-electron chi connectivity index (χ2n) is 4.52. The lowest BCUT2D eigenvalue weighted by molar-refractivity contribution is 0.0691. The first kappa shape index (κ1) is 13.9. The Hall–Kier alpha value is -3.09. The fourth-order valence-corrected chi connectivity index (χ4v) is 2.24. The first-order valence-electron chi connectivity index (χ1n) is 6.43. The molecular formula is C15H13N3O4. The first-order valence-corrected chi connectivity index (χ1v) is 6.43. The van der Waals surface area contributed by atoms with Gasteiger partial charge in [-0.15, -0.1) is 0 Å². The second-order valence-corrected chi connectivity index (χ2v) is 4.52. The zero-order valence-electron chi connectivity index (χ0n) is 12.0. The summed E-state index contributed by atoms with van der Waals surface area (Å²) in [7, 11) is 3.13. The van der Waals surface area contributed by atoms with Gasteiger partial charge >= 0.3 is 5.97 Å². The summed E-state index contributed by atoms with van der Waals surface area (Å²) in [6, 6.07) is 5.52. The topological polar surface area (TPSA) is 86.0 Å². The number of imidazole rings is 1. The molecule has 0 aliphatic rings. The highest BCUT2D eigenvalue weighted by Gasteiger charge is 2.14. The molecule has 0 fully saturated rings. The zero-order chi connectivity index (χ0) is 15.7. The SMILES string of the molecule is COc1cccc(-c2cnc3nc(C(=O)O)cn3c2)c1OC. The van der Waals surface area contributed by atoms with Crippen LogP contribution < -0.4 is 9.47 Å². The fourth-order valence-electron chi connectivity index (χ4n) is 2.24. The number of aromatic nitrogens is 3. The molecule has 2 aromatic heterocycles. The van der Waals surface area contributed by atoms with E-state index in [0.717, 1.165) is 11.1 Å². The molecule has 112 valence electrons. The molecule has 2 heterocycles. The number of methoxy groups -OCH3 is 2. The third-order valence-corrected chi connectivity index (χ3v) is 3.24. The molecule has 3 aromatic rings. The summed E-state index contributed by atoms with van der Waals surface area (Å²) in [5.74, 6) is 0.427. The molecule has 1 N–H and O–H groups in total. The maximum absolute atomic E-state index is 11.0. The van der Waals surface area contributed by atoms with Gasteiger partial charge in [-0.2, -0.15) is 0 Å². The molecule has 0 aliphatic heterocycles. The van der Waals surface area contributed by atoms with Gasteiger partial charge in [0.15, 0.2) is 17.2 Å². The van der Waals surface area contributed by atoms with Crippen molar-refractivity contribution in [2.24, 2.45) is 0 Å². The average molecular weight is 299 g/mol. The van der Waals surface area contributed by atoms with E-state index in [0.29, 0.717) is 17.3 Å². The quantitative estimate of drug-likeness (QED) is 0.794. The first-order chi connectivity index (χ1) is 10.6. The van der Waals surface area contributed by atoms with Gasteiger partial charge in [-0.1, -0.05) is 12.1 Å². The number of carbonyl (C=O) groups is 1. The van der Waals surface area contributed by atoms with Crippen molar-refractivity contribution in [1.82, 2.24) is 14.4 Å². The van der Waals surface area contributed by atoms with Gasteiger partial charge in [0.1, 0.15) is 0 Å². The maximum atomic E-state index is 11.0. The average Bonchev–Trinajstić information content (AvgIpc) is 2.97. The van der Waals surface area contributed by atoms with Crippen molar-refractivity contribution in [3.05, 3.63) is 42.5 Å². The minimum absolute atomic E-state index is 0.0535. The summed E-state index contributed by atoms with van der Waals surface area (Å²) in [5, 5.41) is 8.98. The highest BCUT2D eigenvalue weighted by atomic mass is 16.5. The Kier molecular flexibility index (Phi) is 3.38. The molecule has 0 saturated heterocycles. The lowest BCUT2D eigenvalue weighted by Gasteiger charge is -2.12. The Balaban J connectivity index is 2.16. The van der Waals surface area contributed by atoms with Gasteiger partial charge < -0.3 is 14.6 Å². The van der Waals surface area contributed by atoms with Crippen molar-refractivity contribution >= 4 is 11.7 Å². The van der Waals surface area contributed by atoms with Gasteiger partial charge in [-0.05, 0) is 6.07 Å². The highest BCUT2D eigenvalue weighted by Crippen LogP contribution is 2.37. The van der Waals surface area contributed by atoms with E-state index in [4.69, 9.17) is 14.6 Å². The normalized spacial score (nSPS) is 10.6. The van der Waals surface area contributed by atoms with Crippen LogP contribution in [-0.4, -0.2) is 39.7 Å². The van der Waals surface area contributed by atoms with E-state index in [1.807, 2.05) is 12.1 Å². The summed E-state index contributed by atoms with van der Waals surface area (Å²) < 4.78 is 12.3. The van der Waals surface area contributed by atoms with Gasteiger partial charge in [-0.3, -0.25) is 4.40 Å². The number of aromatic carboxylic acids is 1. The standard InChI is InChI=1S/C15H13N3O4/c1-21-12-5-3-4-10(13(12)22-2)9-6-16-15-17-11(14(19)20)8-18(15)7-9/h3-8H,1-2H3,(H,19,20). The number of rotatable bonds is 4. The Morgan fingerprint density at radius 2 is 2.05 bits per heavy atom. The van der Waals surface area contributed by atoms with Crippen LogP contribution in [0, 0.1) is 0 Å². The summed E-state index contributed by atoms with van der Waals surface area (Å²) >= 11 is 0. The molecule has 0 aliphatic carbocycles. The van der Waals surface area contributed by atoms with Crippen molar-refractivity contribution in [2.45, 2.75) is 0 Å². The Bertz CT molecular complexity index is 857. The van der Waals surface area contributed by atoms with Crippen molar-refractivity contribution in [2.75, 3.05) is 14.2 Å². The van der Waals surface area contributed by atoms with E-state index in [-0.39, 0.29) is 5.69 Å². The van der Waals surface area contributed by atoms with E-state index in [2.05, 4.69) is 9.97 Å². The van der Waals surface area contributed by atoms with Crippen molar-refractivity contribution in [3.63, 3.8) is 0 Å². The van der Waals surface area contributed by atoms with Crippen LogP contribution in [0.15, 0.2) is 36.8 Å². The molecule has 0 radical (unpaired) electrons. The largest absolute Gasteiger partial charge is 0.493 e. The van der Waals surface area contributed by atoms with Gasteiger partial charge in [0.2, 0.25) is 5.78 Å². The monoisotopic (exact) mass is 299 g/mol. The predicted molar refractivity (Wildman–Crippen MR) is 78.5 cm³/mol. The molecule has 0 bridgehead atoms. The van der Waals surface area contributed by atoms with E-state index in [9.17, 15) is 4.79 Å². The summed E-state index contributed by atoms with van der Waals surface area (Å²) in [4.78, 5) is 19.1. The molecule has 0 saturated carbocycles. The molecule has 3 rings (SSSR count). The molecule has 0 unspecified atom stereocenters. The van der Waals surface area contributed by atoms with Crippen LogP contribution in [0.25, 0.3) is 16.9 Å². The predicted octanol–water partition coefficient (Wildman–Crippen LogP) is 2.11. The summed E-state index contributed by atoms with van der Waals surface area (Å²) in [6.07, 6.45) is 4.78. The van der Waals surface area contributed by atoms with Crippen molar-refractivity contribution < 1.29 is 19.4 Å². The van der Waals surface area contributed by atoms with E-state index in [1.54, 1.807) is 37.1 Å². The molecule has 0 amide bonds. The number of fused-ring (bicyclic) bond motifs is 1. The smallest absolute Gasteiger partial charge is 0.356 e. The zero-order valence-corrected chi connectivity index (χ0v) is 12.0. The number of carboxylic acid groups (broad SMARTS) is 1. The van der Waals surface area contributed by atoms with Crippen LogP contribution in [0.5, 0.6) is 11.5 Å². The number of carboxylic acids is 1. The van der Waals surface area contributed by atoms with Crippen LogP contribution in [0.2, 0.25) is 0 Å². The number of ether oxygens (including phenoxy) is 2. The van der Waals surface area contributed by atoms with Crippen LogP contribution in [0.3, 0.4) is 0 Å². The summed E-state index contributed by atoms with van der Waals surface area (Å²) in [6.45, 7) is 0. The van der Waals surface area contributed by atoms with Crippen LogP contribution >= 0.6 is 0 Å². The number of benzene rings is 1. The van der Waals surface area contributed by atoms with Crippen LogP contribution in [0.1, 0.15) is 10.5 Å². The fraction of sp³-hybridized carbons (Fsp3) is 0.133. The number of hydrogen-bond donors (Lipinski definition) is 1. The molecule has 7 nitrogen and oxygen atoms in total. The maximum Gasteiger partial charge on any atom is 0.356 e.